The van der Waals surface area contributed by atoms with Gasteiger partial charge in [0.15, 0.2) is 11.6 Å². The summed E-state index contributed by atoms with van der Waals surface area (Å²) >= 11 is 0. The first-order chi connectivity index (χ1) is 8.96. The number of aliphatic hydroxyl groups is 1. The van der Waals surface area contributed by atoms with E-state index in [0.717, 1.165) is 12.3 Å². The van der Waals surface area contributed by atoms with E-state index in [1.807, 2.05) is 0 Å². The first-order valence-corrected chi connectivity index (χ1v) is 5.64. The van der Waals surface area contributed by atoms with Gasteiger partial charge >= 0.3 is 0 Å². The topological polar surface area (TPSA) is 42.4 Å². The first kappa shape index (κ1) is 13.4. The molecule has 1 aromatic carbocycles. The van der Waals surface area contributed by atoms with Gasteiger partial charge in [0.2, 0.25) is 0 Å². The molecule has 0 saturated heterocycles. The standard InChI is InChI=1S/C14H13F2NO2/c1-14(18,12-7-6-9(15)8-17-12)10-4-3-5-11(19-2)13(10)16/h3-8,18H,1-2H3. The molecule has 0 radical (unpaired) electrons. The highest BCUT2D eigenvalue weighted by Gasteiger charge is 2.31. The number of hydrogen-bond donors (Lipinski definition) is 1. The van der Waals surface area contributed by atoms with E-state index in [-0.39, 0.29) is 17.0 Å². The van der Waals surface area contributed by atoms with Crippen molar-refractivity contribution in [2.45, 2.75) is 12.5 Å². The molecule has 3 nitrogen and oxygen atoms in total. The zero-order valence-electron chi connectivity index (χ0n) is 10.5. The molecule has 0 amide bonds. The van der Waals surface area contributed by atoms with Crippen LogP contribution in [0.2, 0.25) is 0 Å². The second-order valence-corrected chi connectivity index (χ2v) is 4.26. The third kappa shape index (κ3) is 2.42. The van der Waals surface area contributed by atoms with Crippen molar-refractivity contribution >= 4 is 0 Å². The third-order valence-corrected chi connectivity index (χ3v) is 2.93. The van der Waals surface area contributed by atoms with Crippen LogP contribution in [0, 0.1) is 11.6 Å². The number of pyridine rings is 1. The molecule has 0 aliphatic heterocycles. The van der Waals surface area contributed by atoms with Crippen LogP contribution in [0.5, 0.6) is 5.75 Å². The Bertz CT molecular complexity index is 582. The molecule has 1 N–H and O–H groups in total. The van der Waals surface area contributed by atoms with Crippen molar-refractivity contribution in [2.24, 2.45) is 0 Å². The fourth-order valence-electron chi connectivity index (χ4n) is 1.85. The molecule has 0 spiro atoms. The van der Waals surface area contributed by atoms with Crippen molar-refractivity contribution in [3.8, 4) is 5.75 Å². The summed E-state index contributed by atoms with van der Waals surface area (Å²) in [6, 6.07) is 6.92. The van der Waals surface area contributed by atoms with Gasteiger partial charge in [-0.05, 0) is 25.1 Å². The Morgan fingerprint density at radius 2 is 1.95 bits per heavy atom. The molecule has 0 aliphatic rings. The lowest BCUT2D eigenvalue weighted by Gasteiger charge is -2.24. The van der Waals surface area contributed by atoms with Gasteiger partial charge in [-0.1, -0.05) is 12.1 Å². The van der Waals surface area contributed by atoms with Gasteiger partial charge < -0.3 is 9.84 Å². The smallest absolute Gasteiger partial charge is 0.171 e. The summed E-state index contributed by atoms with van der Waals surface area (Å²) in [4.78, 5) is 3.79. The molecule has 1 heterocycles. The molecule has 0 saturated carbocycles. The number of nitrogens with zero attached hydrogens (tertiary/aromatic N) is 1. The molecule has 1 unspecified atom stereocenters. The molecular formula is C14H13F2NO2. The lowest BCUT2D eigenvalue weighted by Crippen LogP contribution is -2.25. The summed E-state index contributed by atoms with van der Waals surface area (Å²) in [5, 5.41) is 10.5. The minimum Gasteiger partial charge on any atom is -0.494 e. The molecule has 1 aromatic heterocycles. The number of ether oxygens (including phenoxy) is 1. The Morgan fingerprint density at radius 3 is 2.53 bits per heavy atom. The maximum Gasteiger partial charge on any atom is 0.171 e. The monoisotopic (exact) mass is 265 g/mol. The van der Waals surface area contributed by atoms with Crippen molar-refractivity contribution in [3.05, 3.63) is 59.4 Å². The van der Waals surface area contributed by atoms with E-state index in [0.29, 0.717) is 0 Å². The van der Waals surface area contributed by atoms with Gasteiger partial charge in [0.1, 0.15) is 11.4 Å². The van der Waals surface area contributed by atoms with E-state index in [9.17, 15) is 13.9 Å². The fraction of sp³-hybridized carbons (Fsp3) is 0.214. The predicted molar refractivity (Wildman–Crippen MR) is 65.8 cm³/mol. The number of benzene rings is 1. The van der Waals surface area contributed by atoms with E-state index >= 15 is 0 Å². The summed E-state index contributed by atoms with van der Waals surface area (Å²) in [5.74, 6) is -1.16. The van der Waals surface area contributed by atoms with E-state index in [2.05, 4.69) is 4.98 Å². The Morgan fingerprint density at radius 1 is 1.21 bits per heavy atom. The quantitative estimate of drug-likeness (QED) is 0.927. The molecule has 5 heteroatoms. The van der Waals surface area contributed by atoms with E-state index in [1.165, 1.54) is 32.2 Å². The Labute approximate surface area is 109 Å². The minimum absolute atomic E-state index is 0.0194. The van der Waals surface area contributed by atoms with Gasteiger partial charge in [0.25, 0.3) is 0 Å². The average molecular weight is 265 g/mol. The lowest BCUT2D eigenvalue weighted by molar-refractivity contribution is 0.0924. The molecule has 0 bridgehead atoms. The van der Waals surface area contributed by atoms with Crippen LogP contribution >= 0.6 is 0 Å². The minimum atomic E-state index is -1.67. The second-order valence-electron chi connectivity index (χ2n) is 4.26. The van der Waals surface area contributed by atoms with Crippen LogP contribution in [0.25, 0.3) is 0 Å². The summed E-state index contributed by atoms with van der Waals surface area (Å²) in [6.07, 6.45) is 0.974. The van der Waals surface area contributed by atoms with Crippen LogP contribution in [-0.4, -0.2) is 17.2 Å². The predicted octanol–water partition coefficient (Wildman–Crippen LogP) is 2.62. The van der Waals surface area contributed by atoms with Gasteiger partial charge in [0.05, 0.1) is 19.0 Å². The number of rotatable bonds is 3. The summed E-state index contributed by atoms with van der Waals surface area (Å²) in [6.45, 7) is 1.39. The Kier molecular flexibility index (Phi) is 3.48. The largest absolute Gasteiger partial charge is 0.494 e. The zero-order valence-corrected chi connectivity index (χ0v) is 10.5. The highest BCUT2D eigenvalue weighted by atomic mass is 19.1. The second kappa shape index (κ2) is 4.93. The Hall–Kier alpha value is -2.01. The lowest BCUT2D eigenvalue weighted by atomic mass is 9.91. The maximum atomic E-state index is 14.1. The van der Waals surface area contributed by atoms with Gasteiger partial charge in [-0.15, -0.1) is 0 Å². The third-order valence-electron chi connectivity index (χ3n) is 2.93. The van der Waals surface area contributed by atoms with Crippen molar-refractivity contribution in [2.75, 3.05) is 7.11 Å². The van der Waals surface area contributed by atoms with E-state index in [1.54, 1.807) is 6.07 Å². The highest BCUT2D eigenvalue weighted by Crippen LogP contribution is 2.33. The molecule has 0 aliphatic carbocycles. The van der Waals surface area contributed by atoms with Crippen LogP contribution in [0.4, 0.5) is 8.78 Å². The van der Waals surface area contributed by atoms with Crippen LogP contribution in [-0.2, 0) is 5.60 Å². The molecule has 2 rings (SSSR count). The normalized spacial score (nSPS) is 13.9. The van der Waals surface area contributed by atoms with E-state index in [4.69, 9.17) is 4.74 Å². The molecule has 19 heavy (non-hydrogen) atoms. The Balaban J connectivity index is 2.53. The molecule has 1 atom stereocenters. The average Bonchev–Trinajstić information content (AvgIpc) is 2.39. The van der Waals surface area contributed by atoms with Crippen molar-refractivity contribution in [3.63, 3.8) is 0 Å². The summed E-state index contributed by atoms with van der Waals surface area (Å²) in [7, 11) is 1.34. The van der Waals surface area contributed by atoms with Crippen molar-refractivity contribution in [1.29, 1.82) is 0 Å². The molecular weight excluding hydrogens is 252 g/mol. The summed E-state index contributed by atoms with van der Waals surface area (Å²) < 4.78 is 31.9. The van der Waals surface area contributed by atoms with Gasteiger partial charge in [0, 0.05) is 5.56 Å². The first-order valence-electron chi connectivity index (χ1n) is 5.64. The van der Waals surface area contributed by atoms with Gasteiger partial charge in [-0.2, -0.15) is 0 Å². The zero-order chi connectivity index (χ0) is 14.0. The number of methoxy groups -OCH3 is 1. The summed E-state index contributed by atoms with van der Waals surface area (Å²) in [5.41, 5.74) is -1.50. The van der Waals surface area contributed by atoms with E-state index < -0.39 is 17.2 Å². The van der Waals surface area contributed by atoms with Crippen LogP contribution < -0.4 is 4.74 Å². The molecule has 0 fully saturated rings. The highest BCUT2D eigenvalue weighted by molar-refractivity contribution is 5.38. The SMILES string of the molecule is COc1cccc(C(C)(O)c2ccc(F)cn2)c1F. The number of halogens is 2. The molecule has 100 valence electrons. The van der Waals surface area contributed by atoms with Crippen LogP contribution in [0.3, 0.4) is 0 Å². The number of aromatic nitrogens is 1. The number of hydrogen-bond acceptors (Lipinski definition) is 3. The fourth-order valence-corrected chi connectivity index (χ4v) is 1.85. The van der Waals surface area contributed by atoms with Gasteiger partial charge in [-0.3, -0.25) is 4.98 Å². The molecule has 2 aromatic rings. The van der Waals surface area contributed by atoms with Crippen molar-refractivity contribution in [1.82, 2.24) is 4.98 Å². The van der Waals surface area contributed by atoms with Crippen LogP contribution in [0.1, 0.15) is 18.2 Å². The van der Waals surface area contributed by atoms with Crippen molar-refractivity contribution < 1.29 is 18.6 Å². The van der Waals surface area contributed by atoms with Gasteiger partial charge in [-0.25, -0.2) is 8.78 Å². The van der Waals surface area contributed by atoms with Crippen LogP contribution in [0.15, 0.2) is 36.5 Å². The maximum absolute atomic E-state index is 14.1.